The molecule has 4 nitrogen and oxygen atoms in total. The molecule has 2 aromatic carbocycles. The van der Waals surface area contributed by atoms with Crippen molar-refractivity contribution >= 4 is 58.3 Å². The van der Waals surface area contributed by atoms with E-state index in [-0.39, 0.29) is 6.54 Å². The Labute approximate surface area is 164 Å². The summed E-state index contributed by atoms with van der Waals surface area (Å²) in [4.78, 5) is 26.4. The van der Waals surface area contributed by atoms with Crippen LogP contribution in [0.3, 0.4) is 0 Å². The maximum absolute atomic E-state index is 12.9. The van der Waals surface area contributed by atoms with Gasteiger partial charge in [0.15, 0.2) is 0 Å². The second-order valence-corrected chi connectivity index (χ2v) is 7.49. The van der Waals surface area contributed by atoms with Crippen LogP contribution in [0.2, 0.25) is 20.1 Å². The van der Waals surface area contributed by atoms with Gasteiger partial charge in [-0.25, -0.2) is 4.79 Å². The number of hydrogen-bond donors (Lipinski definition) is 1. The first-order valence-corrected chi connectivity index (χ1v) is 8.77. The number of hydrogen-bond acceptors (Lipinski definition) is 2. The summed E-state index contributed by atoms with van der Waals surface area (Å²) in [5, 5.41) is 4.30. The number of urea groups is 1. The zero-order valence-corrected chi connectivity index (χ0v) is 16.0. The molecular formula is C17H12Cl4N2O2. The Balaban J connectivity index is 1.94. The number of halogens is 4. The van der Waals surface area contributed by atoms with E-state index in [4.69, 9.17) is 46.4 Å². The minimum Gasteiger partial charge on any atom is -0.319 e. The summed E-state index contributed by atoms with van der Waals surface area (Å²) in [6.45, 7) is 1.63. The number of rotatable bonds is 3. The van der Waals surface area contributed by atoms with Gasteiger partial charge in [0, 0.05) is 25.7 Å². The van der Waals surface area contributed by atoms with Gasteiger partial charge in [0.2, 0.25) is 0 Å². The lowest BCUT2D eigenvalue weighted by Gasteiger charge is -2.23. The predicted molar refractivity (Wildman–Crippen MR) is 99.4 cm³/mol. The van der Waals surface area contributed by atoms with E-state index in [0.717, 1.165) is 4.90 Å². The molecule has 25 heavy (non-hydrogen) atoms. The zero-order chi connectivity index (χ0) is 18.4. The van der Waals surface area contributed by atoms with Crippen molar-refractivity contribution in [2.75, 3.05) is 0 Å². The summed E-state index contributed by atoms with van der Waals surface area (Å²) in [6, 6.07) is 9.14. The van der Waals surface area contributed by atoms with Gasteiger partial charge < -0.3 is 5.32 Å². The topological polar surface area (TPSA) is 49.4 Å². The van der Waals surface area contributed by atoms with Crippen molar-refractivity contribution in [1.82, 2.24) is 10.2 Å². The Morgan fingerprint density at radius 3 is 2.16 bits per heavy atom. The number of nitrogens with zero attached hydrogens (tertiary/aromatic N) is 1. The number of carbonyl (C=O) groups is 2. The van der Waals surface area contributed by atoms with Crippen molar-refractivity contribution in [3.63, 3.8) is 0 Å². The molecule has 1 aliphatic heterocycles. The summed E-state index contributed by atoms with van der Waals surface area (Å²) in [5.41, 5.74) is -0.194. The van der Waals surface area contributed by atoms with Gasteiger partial charge in [0.1, 0.15) is 5.54 Å². The fraction of sp³-hybridized carbons (Fsp3) is 0.176. The third-order valence-corrected chi connectivity index (χ3v) is 5.22. The van der Waals surface area contributed by atoms with Crippen LogP contribution in [0.25, 0.3) is 0 Å². The first kappa shape index (κ1) is 18.3. The van der Waals surface area contributed by atoms with E-state index in [0.29, 0.717) is 31.2 Å². The fourth-order valence-corrected chi connectivity index (χ4v) is 3.80. The smallest absolute Gasteiger partial charge is 0.319 e. The Kier molecular flexibility index (Phi) is 4.91. The van der Waals surface area contributed by atoms with Crippen molar-refractivity contribution in [1.29, 1.82) is 0 Å². The normalized spacial score (nSPS) is 20.1. The molecule has 130 valence electrons. The van der Waals surface area contributed by atoms with Gasteiger partial charge in [-0.3, -0.25) is 9.69 Å². The molecule has 1 heterocycles. The third kappa shape index (κ3) is 3.32. The quantitative estimate of drug-likeness (QED) is 0.691. The van der Waals surface area contributed by atoms with Crippen LogP contribution in [0.5, 0.6) is 0 Å². The van der Waals surface area contributed by atoms with Crippen LogP contribution in [0.15, 0.2) is 36.4 Å². The SMILES string of the molecule is CC1(c2ccc(Cl)cc2Cl)NC(=O)N(Cc2ccc(Cl)cc2Cl)C1=O. The standard InChI is InChI=1S/C17H12Cl4N2O2/c1-17(12-5-4-11(19)7-14(12)21)15(24)23(16(25)22-17)8-9-2-3-10(18)6-13(9)20/h2-7H,8H2,1H3,(H,22,25). The maximum atomic E-state index is 12.9. The van der Waals surface area contributed by atoms with E-state index >= 15 is 0 Å². The van der Waals surface area contributed by atoms with Crippen LogP contribution in [0.4, 0.5) is 4.79 Å². The van der Waals surface area contributed by atoms with Gasteiger partial charge in [-0.15, -0.1) is 0 Å². The summed E-state index contributed by atoms with van der Waals surface area (Å²) in [5.74, 6) is -0.423. The van der Waals surface area contributed by atoms with Gasteiger partial charge >= 0.3 is 6.03 Å². The molecule has 3 rings (SSSR count). The molecule has 0 aromatic heterocycles. The van der Waals surface area contributed by atoms with Crippen LogP contribution in [-0.4, -0.2) is 16.8 Å². The molecule has 3 amide bonds. The molecule has 0 aliphatic carbocycles. The van der Waals surface area contributed by atoms with E-state index < -0.39 is 17.5 Å². The van der Waals surface area contributed by atoms with Crippen molar-refractivity contribution in [2.45, 2.75) is 19.0 Å². The van der Waals surface area contributed by atoms with Crippen LogP contribution in [0.1, 0.15) is 18.1 Å². The highest BCUT2D eigenvalue weighted by molar-refractivity contribution is 6.36. The van der Waals surface area contributed by atoms with Crippen molar-refractivity contribution < 1.29 is 9.59 Å². The summed E-state index contributed by atoms with van der Waals surface area (Å²) in [6.07, 6.45) is 0. The molecular weight excluding hydrogens is 406 g/mol. The third-order valence-electron chi connectivity index (χ3n) is 4.09. The lowest BCUT2D eigenvalue weighted by atomic mass is 9.92. The lowest BCUT2D eigenvalue weighted by molar-refractivity contribution is -0.131. The largest absolute Gasteiger partial charge is 0.325 e. The number of nitrogens with one attached hydrogen (secondary N) is 1. The molecule has 2 aromatic rings. The first-order chi connectivity index (χ1) is 11.7. The van der Waals surface area contributed by atoms with Crippen molar-refractivity contribution in [3.8, 4) is 0 Å². The monoisotopic (exact) mass is 416 g/mol. The highest BCUT2D eigenvalue weighted by Gasteiger charge is 2.49. The number of benzene rings is 2. The molecule has 1 aliphatic rings. The minimum atomic E-state index is -1.28. The van der Waals surface area contributed by atoms with E-state index in [1.807, 2.05) is 0 Å². The van der Waals surface area contributed by atoms with Crippen LogP contribution >= 0.6 is 46.4 Å². The highest BCUT2D eigenvalue weighted by Crippen LogP contribution is 2.36. The molecule has 0 bridgehead atoms. The van der Waals surface area contributed by atoms with Crippen molar-refractivity contribution in [2.24, 2.45) is 0 Å². The molecule has 1 saturated heterocycles. The maximum Gasteiger partial charge on any atom is 0.325 e. The Morgan fingerprint density at radius 1 is 0.960 bits per heavy atom. The highest BCUT2D eigenvalue weighted by atomic mass is 35.5. The summed E-state index contributed by atoms with van der Waals surface area (Å²) in [7, 11) is 0. The molecule has 0 saturated carbocycles. The predicted octanol–water partition coefficient (Wildman–Crippen LogP) is 5.27. The first-order valence-electron chi connectivity index (χ1n) is 7.26. The van der Waals surface area contributed by atoms with Crippen molar-refractivity contribution in [3.05, 3.63) is 67.6 Å². The van der Waals surface area contributed by atoms with Gasteiger partial charge in [-0.05, 0) is 36.8 Å². The number of amides is 3. The molecule has 0 radical (unpaired) electrons. The molecule has 8 heteroatoms. The number of imide groups is 1. The van der Waals surface area contributed by atoms with Crippen LogP contribution in [-0.2, 0) is 16.9 Å². The Bertz CT molecular complexity index is 887. The van der Waals surface area contributed by atoms with Gasteiger partial charge in [-0.1, -0.05) is 58.5 Å². The average Bonchev–Trinajstić information content (AvgIpc) is 2.73. The molecule has 1 fully saturated rings. The Hall–Kier alpha value is -1.46. The summed E-state index contributed by atoms with van der Waals surface area (Å²) >= 11 is 24.1. The Morgan fingerprint density at radius 2 is 1.56 bits per heavy atom. The molecule has 1 N–H and O–H groups in total. The average molecular weight is 418 g/mol. The zero-order valence-electron chi connectivity index (χ0n) is 12.9. The second-order valence-electron chi connectivity index (χ2n) is 5.81. The van der Waals surface area contributed by atoms with E-state index in [1.54, 1.807) is 37.3 Å². The van der Waals surface area contributed by atoms with Crippen LogP contribution < -0.4 is 5.32 Å². The summed E-state index contributed by atoms with van der Waals surface area (Å²) < 4.78 is 0. The van der Waals surface area contributed by atoms with E-state index in [1.165, 1.54) is 6.07 Å². The lowest BCUT2D eigenvalue weighted by Crippen LogP contribution is -2.41. The van der Waals surface area contributed by atoms with Crippen LogP contribution in [0, 0.1) is 0 Å². The second kappa shape index (κ2) is 6.69. The number of carbonyl (C=O) groups excluding carboxylic acids is 2. The minimum absolute atomic E-state index is 0.0292. The van der Waals surface area contributed by atoms with Gasteiger partial charge in [0.05, 0.1) is 6.54 Å². The van der Waals surface area contributed by atoms with E-state index in [2.05, 4.69) is 5.32 Å². The molecule has 0 spiro atoms. The fourth-order valence-electron chi connectivity index (χ4n) is 2.74. The van der Waals surface area contributed by atoms with E-state index in [9.17, 15) is 9.59 Å². The molecule has 1 unspecified atom stereocenters. The van der Waals surface area contributed by atoms with Gasteiger partial charge in [-0.2, -0.15) is 0 Å². The van der Waals surface area contributed by atoms with Gasteiger partial charge in [0.25, 0.3) is 5.91 Å². The molecule has 1 atom stereocenters.